The van der Waals surface area contributed by atoms with Gasteiger partial charge in [0.15, 0.2) is 0 Å². The number of carbonyl (C=O) groups is 1. The molecule has 4 heteroatoms. The molecule has 4 nitrogen and oxygen atoms in total. The number of carbonyl (C=O) groups excluding carboxylic acids is 1. The number of cyclic esters (lactones) is 1. The fourth-order valence-electron chi connectivity index (χ4n) is 1.44. The van der Waals surface area contributed by atoms with E-state index in [9.17, 15) is 4.79 Å². The molecule has 0 N–H and O–H groups in total. The summed E-state index contributed by atoms with van der Waals surface area (Å²) in [5, 5.41) is 0. The van der Waals surface area contributed by atoms with Crippen LogP contribution in [0.5, 0.6) is 0 Å². The molecule has 2 heterocycles. The van der Waals surface area contributed by atoms with Gasteiger partial charge >= 0.3 is 5.97 Å². The Hall–Kier alpha value is -1.32. The third kappa shape index (κ3) is 1.84. The summed E-state index contributed by atoms with van der Waals surface area (Å²) >= 11 is 0. The van der Waals surface area contributed by atoms with Crippen molar-refractivity contribution < 1.29 is 23.2 Å². The van der Waals surface area contributed by atoms with Crippen LogP contribution in [-0.4, -0.2) is 22.1 Å². The van der Waals surface area contributed by atoms with E-state index in [0.717, 1.165) is 6.92 Å². The number of ether oxygens (including phenoxy) is 1. The zero-order valence-electron chi connectivity index (χ0n) is 18.9. The molecule has 0 aliphatic carbocycles. The van der Waals surface area contributed by atoms with Crippen molar-refractivity contribution in [3.63, 3.8) is 0 Å². The van der Waals surface area contributed by atoms with Crippen LogP contribution in [0, 0.1) is 18.7 Å². The summed E-state index contributed by atoms with van der Waals surface area (Å²) in [6, 6.07) is 0. The molecule has 0 aromatic carbocycles. The average Bonchev–Trinajstić information content (AvgIpc) is 2.75. The van der Waals surface area contributed by atoms with Crippen LogP contribution in [0.25, 0.3) is 0 Å². The van der Waals surface area contributed by atoms with Crippen LogP contribution in [0.3, 0.4) is 0 Å². The van der Waals surface area contributed by atoms with E-state index in [1.807, 2.05) is 0 Å². The van der Waals surface area contributed by atoms with Gasteiger partial charge in [-0.25, -0.2) is 4.98 Å². The molecule has 0 spiro atoms. The molecule has 2 rings (SSSR count). The van der Waals surface area contributed by atoms with E-state index in [0.29, 0.717) is 4.57 Å². The highest BCUT2D eigenvalue weighted by atomic mass is 16.5. The Morgan fingerprint density at radius 3 is 3.50 bits per heavy atom. The van der Waals surface area contributed by atoms with Gasteiger partial charge in [0.05, 0.1) is 16.6 Å². The van der Waals surface area contributed by atoms with E-state index in [1.165, 1.54) is 6.92 Å². The lowest BCUT2D eigenvalue weighted by atomic mass is 9.89. The van der Waals surface area contributed by atoms with E-state index < -0.39 is 56.0 Å². The molecule has 1 aromatic rings. The first-order valence-electron chi connectivity index (χ1n) is 9.69. The molecule has 1 fully saturated rings. The highest BCUT2D eigenvalue weighted by molar-refractivity contribution is 5.74. The minimum Gasteiger partial charge on any atom is -0.465 e. The molecule has 1 aromatic heterocycles. The summed E-state index contributed by atoms with van der Waals surface area (Å²) in [6.07, 6.45) is -4.17. The number of nitrogens with zero attached hydrogens (tertiary/aromatic N) is 2. The normalized spacial score (nSPS) is 48.0. The second-order valence-corrected chi connectivity index (χ2v) is 3.32. The fraction of sp³-hybridized carbons (Fsp3) is 0.667. The molecule has 0 radical (unpaired) electrons. The van der Waals surface area contributed by atoms with Crippen LogP contribution < -0.4 is 0 Å². The van der Waals surface area contributed by atoms with Gasteiger partial charge in [0.1, 0.15) is 5.82 Å². The Morgan fingerprint density at radius 2 is 2.81 bits per heavy atom. The van der Waals surface area contributed by atoms with Gasteiger partial charge in [-0.05, 0) is 19.7 Å². The number of aryl methyl sites for hydroxylation is 1. The van der Waals surface area contributed by atoms with Crippen molar-refractivity contribution in [2.45, 2.75) is 26.6 Å². The van der Waals surface area contributed by atoms with Gasteiger partial charge < -0.3 is 9.30 Å². The number of esters is 1. The lowest BCUT2D eigenvalue weighted by molar-refractivity contribution is -0.141. The molecule has 88 valence electrons. The smallest absolute Gasteiger partial charge is 0.309 e. The summed E-state index contributed by atoms with van der Waals surface area (Å²) in [6.45, 7) is -3.73. The van der Waals surface area contributed by atoms with Crippen LogP contribution >= 0.6 is 0 Å². The van der Waals surface area contributed by atoms with Gasteiger partial charge in [-0.1, -0.05) is 6.92 Å². The minimum absolute atomic E-state index is 0.0884. The maximum Gasteiger partial charge on any atom is 0.309 e. The van der Waals surface area contributed by atoms with E-state index in [-0.39, 0.29) is 5.82 Å². The monoisotopic (exact) mass is 232 g/mol. The third-order valence-electron chi connectivity index (χ3n) is 2.31. The van der Waals surface area contributed by atoms with E-state index in [4.69, 9.17) is 13.7 Å². The van der Waals surface area contributed by atoms with Gasteiger partial charge in [0, 0.05) is 34.3 Å². The largest absolute Gasteiger partial charge is 0.465 e. The molecular formula is C12H18N2O2. The van der Waals surface area contributed by atoms with E-state index in [2.05, 4.69) is 9.72 Å². The maximum absolute atomic E-state index is 12.1. The van der Waals surface area contributed by atoms with E-state index >= 15 is 0 Å². The molecule has 0 unspecified atom stereocenters. The second kappa shape index (κ2) is 4.28. The zero-order valence-corrected chi connectivity index (χ0v) is 8.92. The Bertz CT molecular complexity index is 752. The van der Waals surface area contributed by atoms with Crippen LogP contribution in [0.15, 0.2) is 6.17 Å². The van der Waals surface area contributed by atoms with Gasteiger partial charge in [-0.15, -0.1) is 0 Å². The van der Waals surface area contributed by atoms with Crippen LogP contribution in [-0.2, 0) is 22.9 Å². The number of hydrogen-bond donors (Lipinski definition) is 0. The summed E-state index contributed by atoms with van der Waals surface area (Å²) in [5.41, 5.74) is -0.402. The minimum atomic E-state index is -3.08. The maximum atomic E-state index is 12.1. The standard InChI is InChI=1S/C12H18N2O2/c1-4-11-9(7-16-12(11)15)5-10-6-13-8(2)14(10)3/h6,9,11H,4-5,7H2,1-3H3/t9-,11-/m0/s1/i3D3,4D2,6D,7D2,9D,11D. The molecule has 0 amide bonds. The van der Waals surface area contributed by atoms with Crippen LogP contribution in [0.4, 0.5) is 0 Å². The highest BCUT2D eigenvalue weighted by Gasteiger charge is 2.35. The summed E-state index contributed by atoms with van der Waals surface area (Å²) < 4.78 is 83.9. The molecule has 1 aliphatic heterocycles. The van der Waals surface area contributed by atoms with Crippen molar-refractivity contribution in [1.29, 1.82) is 0 Å². The van der Waals surface area contributed by atoms with Crippen LogP contribution in [0.1, 0.15) is 38.5 Å². The van der Waals surface area contributed by atoms with Crippen molar-refractivity contribution in [3.05, 3.63) is 17.7 Å². The first-order valence-corrected chi connectivity index (χ1v) is 4.69. The van der Waals surface area contributed by atoms with Crippen molar-refractivity contribution >= 4 is 5.97 Å². The lowest BCUT2D eigenvalue weighted by Gasteiger charge is -2.13. The SMILES string of the molecule is [2H]c1nc(C)n(C([2H])([2H])[2H])c1C[C@@]1([2H])C([2H])([2H])OC(=O)[C@@]1([2H])C([2H])([2H])C. The number of aromatic nitrogens is 2. The molecule has 1 saturated heterocycles. The Balaban J connectivity index is 2.73. The van der Waals surface area contributed by atoms with Gasteiger partial charge in [-0.2, -0.15) is 0 Å². The highest BCUT2D eigenvalue weighted by Crippen LogP contribution is 2.28. The quantitative estimate of drug-likeness (QED) is 0.741. The Labute approximate surface area is 110 Å². The summed E-state index contributed by atoms with van der Waals surface area (Å²) in [4.78, 5) is 15.9. The Morgan fingerprint density at radius 1 is 2.00 bits per heavy atom. The summed E-state index contributed by atoms with van der Waals surface area (Å²) in [5.74, 6) is -7.50. The molecular weight excluding hydrogens is 204 g/mol. The zero-order chi connectivity index (χ0) is 20.5. The molecule has 0 bridgehead atoms. The predicted molar refractivity (Wildman–Crippen MR) is 59.9 cm³/mol. The topological polar surface area (TPSA) is 44.1 Å². The van der Waals surface area contributed by atoms with Gasteiger partial charge in [0.25, 0.3) is 0 Å². The van der Waals surface area contributed by atoms with Crippen molar-refractivity contribution in [3.8, 4) is 0 Å². The lowest BCUT2D eigenvalue weighted by Crippen LogP contribution is -2.18. The number of imidazole rings is 1. The Kier molecular flexibility index (Phi) is 1.11. The average molecular weight is 232 g/mol. The van der Waals surface area contributed by atoms with Crippen molar-refractivity contribution in [2.24, 2.45) is 18.8 Å². The van der Waals surface area contributed by atoms with Gasteiger partial charge in [-0.3, -0.25) is 4.79 Å². The molecule has 16 heavy (non-hydrogen) atoms. The van der Waals surface area contributed by atoms with Crippen LogP contribution in [0.2, 0.25) is 0 Å². The third-order valence-corrected chi connectivity index (χ3v) is 2.31. The van der Waals surface area contributed by atoms with Crippen molar-refractivity contribution in [1.82, 2.24) is 9.55 Å². The molecule has 1 aliphatic rings. The molecule has 2 atom stereocenters. The fourth-order valence-corrected chi connectivity index (χ4v) is 1.44. The van der Waals surface area contributed by atoms with E-state index in [1.54, 1.807) is 0 Å². The van der Waals surface area contributed by atoms with Crippen molar-refractivity contribution in [2.75, 3.05) is 6.56 Å². The number of hydrogen-bond acceptors (Lipinski definition) is 3. The molecule has 0 saturated carbocycles. The first kappa shape index (κ1) is 4.17. The first-order chi connectivity index (χ1) is 11.4. The summed E-state index contributed by atoms with van der Waals surface area (Å²) in [7, 11) is 0. The van der Waals surface area contributed by atoms with Gasteiger partial charge in [0.2, 0.25) is 0 Å². The number of rotatable bonds is 3. The second-order valence-electron chi connectivity index (χ2n) is 3.32. The predicted octanol–water partition coefficient (Wildman–Crippen LogP) is 1.47.